The molecule has 2 unspecified atom stereocenters. The number of nitrogens with zero attached hydrogens (tertiary/aromatic N) is 1. The van der Waals surface area contributed by atoms with Crippen LogP contribution >= 0.6 is 15.9 Å². The maximum Gasteiger partial charge on any atom is 0.0377 e. The minimum absolute atomic E-state index is 0.396. The van der Waals surface area contributed by atoms with Crippen LogP contribution in [0.25, 0.3) is 0 Å². The zero-order valence-electron chi connectivity index (χ0n) is 13.0. The molecule has 1 saturated heterocycles. The number of rotatable bonds is 4. The Morgan fingerprint density at radius 1 is 1.35 bits per heavy atom. The van der Waals surface area contributed by atoms with E-state index < -0.39 is 0 Å². The molecule has 1 N–H and O–H groups in total. The van der Waals surface area contributed by atoms with Gasteiger partial charge >= 0.3 is 0 Å². The molecular formula is C17H27BrN2. The van der Waals surface area contributed by atoms with Crippen molar-refractivity contribution in [2.45, 2.75) is 46.1 Å². The van der Waals surface area contributed by atoms with E-state index in [1.54, 1.807) is 0 Å². The zero-order chi connectivity index (χ0) is 14.5. The van der Waals surface area contributed by atoms with Gasteiger partial charge in [0.1, 0.15) is 0 Å². The second-order valence-electron chi connectivity index (χ2n) is 6.01. The highest BCUT2D eigenvalue weighted by Crippen LogP contribution is 2.30. The van der Waals surface area contributed by atoms with Crippen LogP contribution in [0.4, 0.5) is 5.69 Å². The van der Waals surface area contributed by atoms with E-state index in [-0.39, 0.29) is 0 Å². The SMILES string of the molecule is CCNC(C)c1ccc(N2CCCC(C)CC2)cc1Br. The molecule has 0 aromatic heterocycles. The van der Waals surface area contributed by atoms with E-state index in [4.69, 9.17) is 0 Å². The third-order valence-electron chi connectivity index (χ3n) is 4.34. The molecule has 0 radical (unpaired) electrons. The van der Waals surface area contributed by atoms with Crippen LogP contribution in [0.5, 0.6) is 0 Å². The van der Waals surface area contributed by atoms with Gasteiger partial charge in [0.25, 0.3) is 0 Å². The van der Waals surface area contributed by atoms with Crippen molar-refractivity contribution in [3.8, 4) is 0 Å². The number of benzene rings is 1. The highest BCUT2D eigenvalue weighted by molar-refractivity contribution is 9.10. The minimum atomic E-state index is 0.396. The van der Waals surface area contributed by atoms with Gasteiger partial charge in [-0.2, -0.15) is 0 Å². The molecule has 1 aromatic carbocycles. The van der Waals surface area contributed by atoms with Gasteiger partial charge in [0.05, 0.1) is 0 Å². The summed E-state index contributed by atoms with van der Waals surface area (Å²) in [5.41, 5.74) is 2.71. The first kappa shape index (κ1) is 15.8. The summed E-state index contributed by atoms with van der Waals surface area (Å²) in [7, 11) is 0. The fourth-order valence-corrected chi connectivity index (χ4v) is 3.71. The van der Waals surface area contributed by atoms with Crippen molar-refractivity contribution in [3.05, 3.63) is 28.2 Å². The number of nitrogens with one attached hydrogen (secondary N) is 1. The second kappa shape index (κ2) is 7.46. The third-order valence-corrected chi connectivity index (χ3v) is 5.03. The lowest BCUT2D eigenvalue weighted by Crippen LogP contribution is -2.24. The summed E-state index contributed by atoms with van der Waals surface area (Å²) in [4.78, 5) is 2.54. The van der Waals surface area contributed by atoms with Crippen LogP contribution in [0.1, 0.15) is 51.6 Å². The lowest BCUT2D eigenvalue weighted by Gasteiger charge is -2.24. The number of halogens is 1. The average molecular weight is 339 g/mol. The standard InChI is InChI=1S/C17H27BrN2/c1-4-19-14(3)16-8-7-15(12-17(16)18)20-10-5-6-13(2)9-11-20/h7-8,12-14,19H,4-6,9-11H2,1-3H3. The van der Waals surface area contributed by atoms with Crippen LogP contribution in [0.15, 0.2) is 22.7 Å². The Bertz CT molecular complexity index is 433. The van der Waals surface area contributed by atoms with Gasteiger partial charge in [-0.1, -0.05) is 35.8 Å². The van der Waals surface area contributed by atoms with Gasteiger partial charge in [-0.15, -0.1) is 0 Å². The molecule has 1 heterocycles. The van der Waals surface area contributed by atoms with Gasteiger partial charge in [-0.25, -0.2) is 0 Å². The molecule has 0 spiro atoms. The molecule has 3 heteroatoms. The fourth-order valence-electron chi connectivity index (χ4n) is 3.00. The number of hydrogen-bond donors (Lipinski definition) is 1. The summed E-state index contributed by atoms with van der Waals surface area (Å²) in [5.74, 6) is 0.872. The Balaban J connectivity index is 2.11. The van der Waals surface area contributed by atoms with Crippen molar-refractivity contribution in [1.82, 2.24) is 5.32 Å². The number of hydrogen-bond acceptors (Lipinski definition) is 2. The topological polar surface area (TPSA) is 15.3 Å². The van der Waals surface area contributed by atoms with E-state index in [9.17, 15) is 0 Å². The highest BCUT2D eigenvalue weighted by Gasteiger charge is 2.16. The smallest absolute Gasteiger partial charge is 0.0377 e. The fraction of sp³-hybridized carbons (Fsp3) is 0.647. The van der Waals surface area contributed by atoms with Crippen molar-refractivity contribution >= 4 is 21.6 Å². The molecule has 0 bridgehead atoms. The maximum absolute atomic E-state index is 3.75. The van der Waals surface area contributed by atoms with E-state index in [0.29, 0.717) is 6.04 Å². The summed E-state index contributed by atoms with van der Waals surface area (Å²) in [5, 5.41) is 3.47. The molecule has 0 amide bonds. The Kier molecular flexibility index (Phi) is 5.91. The predicted octanol–water partition coefficient (Wildman–Crippen LogP) is 4.75. The highest BCUT2D eigenvalue weighted by atomic mass is 79.9. The van der Waals surface area contributed by atoms with E-state index in [2.05, 4.69) is 65.1 Å². The van der Waals surface area contributed by atoms with Crippen LogP contribution < -0.4 is 10.2 Å². The van der Waals surface area contributed by atoms with Gasteiger partial charge in [0.15, 0.2) is 0 Å². The minimum Gasteiger partial charge on any atom is -0.371 e. The van der Waals surface area contributed by atoms with Crippen LogP contribution in [0.3, 0.4) is 0 Å². The van der Waals surface area contributed by atoms with E-state index in [1.807, 2.05) is 0 Å². The van der Waals surface area contributed by atoms with Gasteiger partial charge in [0, 0.05) is 29.3 Å². The molecule has 0 saturated carbocycles. The van der Waals surface area contributed by atoms with Crippen LogP contribution in [-0.4, -0.2) is 19.6 Å². The van der Waals surface area contributed by atoms with Crippen LogP contribution in [0, 0.1) is 5.92 Å². The second-order valence-corrected chi connectivity index (χ2v) is 6.86. The van der Waals surface area contributed by atoms with Crippen molar-refractivity contribution in [1.29, 1.82) is 0 Å². The first-order valence-corrected chi connectivity index (χ1v) is 8.69. The lowest BCUT2D eigenvalue weighted by atomic mass is 10.0. The molecule has 1 aromatic rings. The van der Waals surface area contributed by atoms with Crippen LogP contribution in [0.2, 0.25) is 0 Å². The van der Waals surface area contributed by atoms with E-state index in [1.165, 1.54) is 48.1 Å². The quantitative estimate of drug-likeness (QED) is 0.852. The van der Waals surface area contributed by atoms with E-state index in [0.717, 1.165) is 12.5 Å². The summed E-state index contributed by atoms with van der Waals surface area (Å²) < 4.78 is 1.22. The van der Waals surface area contributed by atoms with Gasteiger partial charge < -0.3 is 10.2 Å². The third kappa shape index (κ3) is 3.98. The van der Waals surface area contributed by atoms with Crippen LogP contribution in [-0.2, 0) is 0 Å². The summed E-state index contributed by atoms with van der Waals surface area (Å²) in [6, 6.07) is 7.23. The normalized spacial score (nSPS) is 21.6. The first-order chi connectivity index (χ1) is 9.61. The molecule has 0 aliphatic carbocycles. The average Bonchev–Trinajstić information content (AvgIpc) is 2.63. The first-order valence-electron chi connectivity index (χ1n) is 7.89. The molecule has 2 atom stereocenters. The Morgan fingerprint density at radius 3 is 2.85 bits per heavy atom. The largest absolute Gasteiger partial charge is 0.371 e. The molecule has 2 rings (SSSR count). The molecule has 1 aliphatic rings. The van der Waals surface area contributed by atoms with Crippen molar-refractivity contribution in [3.63, 3.8) is 0 Å². The summed E-state index contributed by atoms with van der Waals surface area (Å²) >= 11 is 3.75. The lowest BCUT2D eigenvalue weighted by molar-refractivity contribution is 0.521. The van der Waals surface area contributed by atoms with Crippen molar-refractivity contribution in [2.24, 2.45) is 5.92 Å². The molecule has 1 aliphatic heterocycles. The Labute approximate surface area is 132 Å². The maximum atomic E-state index is 3.75. The molecule has 1 fully saturated rings. The van der Waals surface area contributed by atoms with Gasteiger partial charge in [0.2, 0.25) is 0 Å². The molecule has 2 nitrogen and oxygen atoms in total. The molecular weight excluding hydrogens is 312 g/mol. The predicted molar refractivity (Wildman–Crippen MR) is 91.5 cm³/mol. The Morgan fingerprint density at radius 2 is 2.15 bits per heavy atom. The monoisotopic (exact) mass is 338 g/mol. The molecule has 112 valence electrons. The van der Waals surface area contributed by atoms with Crippen molar-refractivity contribution in [2.75, 3.05) is 24.5 Å². The van der Waals surface area contributed by atoms with Gasteiger partial charge in [-0.3, -0.25) is 0 Å². The van der Waals surface area contributed by atoms with E-state index >= 15 is 0 Å². The Hall–Kier alpha value is -0.540. The van der Waals surface area contributed by atoms with Crippen molar-refractivity contribution < 1.29 is 0 Å². The summed E-state index contributed by atoms with van der Waals surface area (Å²) in [6.45, 7) is 10.1. The summed E-state index contributed by atoms with van der Waals surface area (Å²) in [6.07, 6.45) is 3.99. The number of anilines is 1. The van der Waals surface area contributed by atoms with Gasteiger partial charge in [-0.05, 0) is 56.3 Å². The molecule has 20 heavy (non-hydrogen) atoms. The zero-order valence-corrected chi connectivity index (χ0v) is 14.5.